The van der Waals surface area contributed by atoms with Crippen LogP contribution in [0.15, 0.2) is 48.5 Å². The van der Waals surface area contributed by atoms with Crippen LogP contribution >= 0.6 is 0 Å². The minimum atomic E-state index is -0.399. The summed E-state index contributed by atoms with van der Waals surface area (Å²) >= 11 is 0. The molecule has 130 valence electrons. The zero-order valence-corrected chi connectivity index (χ0v) is 14.0. The number of nitrogens with zero attached hydrogens (tertiary/aromatic N) is 2. The van der Waals surface area contributed by atoms with E-state index >= 15 is 0 Å². The van der Waals surface area contributed by atoms with Crippen molar-refractivity contribution in [3.63, 3.8) is 0 Å². The summed E-state index contributed by atoms with van der Waals surface area (Å²) in [6.07, 6.45) is 0.772. The summed E-state index contributed by atoms with van der Waals surface area (Å²) in [6.45, 7) is 3.00. The lowest BCUT2D eigenvalue weighted by molar-refractivity contribution is -0.116. The maximum absolute atomic E-state index is 13.4. The van der Waals surface area contributed by atoms with Gasteiger partial charge < -0.3 is 9.30 Å². The summed E-state index contributed by atoms with van der Waals surface area (Å²) in [5.74, 6) is 0.213. The molecule has 0 aliphatic carbocycles. The quantitative estimate of drug-likeness (QED) is 0.661. The average molecular weight is 341 g/mol. The van der Waals surface area contributed by atoms with E-state index in [1.54, 1.807) is 18.2 Å². The molecule has 0 unspecified atom stereocenters. The normalized spacial score (nSPS) is 10.8. The third-order valence-electron chi connectivity index (χ3n) is 3.86. The number of imidazole rings is 1. The zero-order chi connectivity index (χ0) is 17.6. The molecule has 0 fully saturated rings. The highest BCUT2D eigenvalue weighted by Gasteiger charge is 2.12. The summed E-state index contributed by atoms with van der Waals surface area (Å²) in [6, 6.07) is 14.0. The number of halogens is 1. The number of fused-ring (bicyclic) bond motifs is 1. The van der Waals surface area contributed by atoms with Gasteiger partial charge in [0.05, 0.1) is 17.6 Å². The highest BCUT2D eigenvalue weighted by Crippen LogP contribution is 2.19. The van der Waals surface area contributed by atoms with Gasteiger partial charge in [-0.15, -0.1) is 0 Å². The van der Waals surface area contributed by atoms with Crippen molar-refractivity contribution in [3.8, 4) is 5.75 Å². The standard InChI is InChI=1S/C19H20FN3O2/c1-2-23-16-10-5-4-9-15(16)21-19(23)22-18(24)12-7-13-25-17-11-6-3-8-14(17)20/h3-6,8-11H,2,7,12-13H2,1H3,(H,21,22,24). The summed E-state index contributed by atoms with van der Waals surface area (Å²) in [5.41, 5.74) is 1.84. The number of aromatic nitrogens is 2. The number of hydrogen-bond acceptors (Lipinski definition) is 3. The largest absolute Gasteiger partial charge is 0.491 e. The maximum atomic E-state index is 13.4. The molecule has 3 aromatic rings. The molecule has 25 heavy (non-hydrogen) atoms. The van der Waals surface area contributed by atoms with E-state index in [0.717, 1.165) is 11.0 Å². The number of carbonyl (C=O) groups is 1. The Kier molecular flexibility index (Phi) is 5.28. The molecule has 1 heterocycles. The third-order valence-corrected chi connectivity index (χ3v) is 3.86. The Balaban J connectivity index is 1.54. The van der Waals surface area contributed by atoms with Crippen molar-refractivity contribution in [2.75, 3.05) is 11.9 Å². The topological polar surface area (TPSA) is 56.2 Å². The van der Waals surface area contributed by atoms with Gasteiger partial charge in [0.2, 0.25) is 11.9 Å². The van der Waals surface area contributed by atoms with Crippen LogP contribution in [0, 0.1) is 5.82 Å². The molecule has 0 saturated carbocycles. The number of rotatable bonds is 7. The van der Waals surface area contributed by atoms with E-state index in [9.17, 15) is 9.18 Å². The summed E-state index contributed by atoms with van der Waals surface area (Å²) in [7, 11) is 0. The smallest absolute Gasteiger partial charge is 0.226 e. The molecule has 0 bridgehead atoms. The molecule has 6 heteroatoms. The van der Waals surface area contributed by atoms with Crippen molar-refractivity contribution in [1.82, 2.24) is 9.55 Å². The van der Waals surface area contributed by atoms with Gasteiger partial charge in [0, 0.05) is 13.0 Å². The first kappa shape index (κ1) is 17.0. The van der Waals surface area contributed by atoms with Crippen LogP contribution in [0.5, 0.6) is 5.75 Å². The molecular formula is C19H20FN3O2. The SMILES string of the molecule is CCn1c(NC(=O)CCCOc2ccccc2F)nc2ccccc21. The summed E-state index contributed by atoms with van der Waals surface area (Å²) in [5, 5.41) is 2.84. The molecule has 0 spiro atoms. The minimum Gasteiger partial charge on any atom is -0.491 e. The first-order valence-electron chi connectivity index (χ1n) is 8.31. The van der Waals surface area contributed by atoms with Crippen LogP contribution in [0.3, 0.4) is 0 Å². The molecule has 1 amide bonds. The second-order valence-electron chi connectivity index (χ2n) is 5.60. The first-order valence-corrected chi connectivity index (χ1v) is 8.31. The second kappa shape index (κ2) is 7.79. The van der Waals surface area contributed by atoms with Crippen LogP contribution in [-0.2, 0) is 11.3 Å². The molecule has 5 nitrogen and oxygen atoms in total. The fourth-order valence-corrected chi connectivity index (χ4v) is 2.65. The Labute approximate surface area is 145 Å². The summed E-state index contributed by atoms with van der Waals surface area (Å²) < 4.78 is 20.7. The Morgan fingerprint density at radius 1 is 1.20 bits per heavy atom. The molecule has 0 aliphatic rings. The van der Waals surface area contributed by atoms with E-state index in [-0.39, 0.29) is 24.7 Å². The van der Waals surface area contributed by atoms with E-state index in [2.05, 4.69) is 10.3 Å². The lowest BCUT2D eigenvalue weighted by atomic mass is 10.3. The second-order valence-corrected chi connectivity index (χ2v) is 5.60. The maximum Gasteiger partial charge on any atom is 0.226 e. The van der Waals surface area contributed by atoms with E-state index < -0.39 is 5.82 Å². The van der Waals surface area contributed by atoms with Crippen LogP contribution < -0.4 is 10.1 Å². The van der Waals surface area contributed by atoms with E-state index in [1.165, 1.54) is 6.07 Å². The van der Waals surface area contributed by atoms with Gasteiger partial charge in [-0.2, -0.15) is 0 Å². The average Bonchev–Trinajstić information content (AvgIpc) is 2.97. The van der Waals surface area contributed by atoms with Gasteiger partial charge >= 0.3 is 0 Å². The van der Waals surface area contributed by atoms with Gasteiger partial charge in [0.15, 0.2) is 11.6 Å². The number of amides is 1. The number of aryl methyl sites for hydroxylation is 1. The van der Waals surface area contributed by atoms with Gasteiger partial charge in [-0.3, -0.25) is 10.1 Å². The van der Waals surface area contributed by atoms with Crippen LogP contribution in [0.1, 0.15) is 19.8 Å². The van der Waals surface area contributed by atoms with Crippen LogP contribution in [0.4, 0.5) is 10.3 Å². The molecule has 0 aliphatic heterocycles. The van der Waals surface area contributed by atoms with Gasteiger partial charge in [0.1, 0.15) is 0 Å². The minimum absolute atomic E-state index is 0.137. The molecule has 0 atom stereocenters. The third kappa shape index (κ3) is 3.96. The van der Waals surface area contributed by atoms with Gasteiger partial charge in [-0.05, 0) is 37.6 Å². The predicted molar refractivity (Wildman–Crippen MR) is 95.2 cm³/mol. The molecule has 0 saturated heterocycles. The molecule has 2 aromatic carbocycles. The number of hydrogen-bond donors (Lipinski definition) is 1. The van der Waals surface area contributed by atoms with E-state index in [1.807, 2.05) is 35.8 Å². The Morgan fingerprint density at radius 2 is 1.96 bits per heavy atom. The fraction of sp³-hybridized carbons (Fsp3) is 0.263. The number of benzene rings is 2. The van der Waals surface area contributed by atoms with E-state index in [4.69, 9.17) is 4.74 Å². The Bertz CT molecular complexity index is 876. The van der Waals surface area contributed by atoms with Gasteiger partial charge in [-0.25, -0.2) is 9.37 Å². The Hall–Kier alpha value is -2.89. The lowest BCUT2D eigenvalue weighted by Gasteiger charge is -2.08. The molecule has 0 radical (unpaired) electrons. The summed E-state index contributed by atoms with van der Waals surface area (Å²) in [4.78, 5) is 16.6. The van der Waals surface area contributed by atoms with Crippen molar-refractivity contribution in [2.45, 2.75) is 26.3 Å². The number of ether oxygens (including phenoxy) is 1. The zero-order valence-electron chi connectivity index (χ0n) is 14.0. The van der Waals surface area contributed by atoms with Crippen molar-refractivity contribution < 1.29 is 13.9 Å². The van der Waals surface area contributed by atoms with Gasteiger partial charge in [-0.1, -0.05) is 24.3 Å². The number of carbonyl (C=O) groups excluding carboxylic acids is 1. The number of para-hydroxylation sites is 3. The number of anilines is 1. The molecule has 3 rings (SSSR count). The van der Waals surface area contributed by atoms with E-state index in [0.29, 0.717) is 18.9 Å². The number of nitrogens with one attached hydrogen (secondary N) is 1. The fourth-order valence-electron chi connectivity index (χ4n) is 2.65. The van der Waals surface area contributed by atoms with Crippen LogP contribution in [0.2, 0.25) is 0 Å². The lowest BCUT2D eigenvalue weighted by Crippen LogP contribution is -2.16. The van der Waals surface area contributed by atoms with Crippen LogP contribution in [0.25, 0.3) is 11.0 Å². The van der Waals surface area contributed by atoms with Gasteiger partial charge in [0.25, 0.3) is 0 Å². The predicted octanol–water partition coefficient (Wildman–Crippen LogP) is 3.99. The Morgan fingerprint density at radius 3 is 2.76 bits per heavy atom. The molecular weight excluding hydrogens is 321 g/mol. The highest BCUT2D eigenvalue weighted by molar-refractivity contribution is 5.91. The van der Waals surface area contributed by atoms with Crippen molar-refractivity contribution in [3.05, 3.63) is 54.3 Å². The van der Waals surface area contributed by atoms with Crippen molar-refractivity contribution in [2.24, 2.45) is 0 Å². The van der Waals surface area contributed by atoms with Crippen molar-refractivity contribution >= 4 is 22.9 Å². The first-order chi connectivity index (χ1) is 12.2. The highest BCUT2D eigenvalue weighted by atomic mass is 19.1. The molecule has 1 aromatic heterocycles. The molecule has 1 N–H and O–H groups in total. The van der Waals surface area contributed by atoms with Crippen molar-refractivity contribution in [1.29, 1.82) is 0 Å². The monoisotopic (exact) mass is 341 g/mol. The van der Waals surface area contributed by atoms with Crippen LogP contribution in [-0.4, -0.2) is 22.1 Å².